The van der Waals surface area contributed by atoms with Gasteiger partial charge in [0, 0.05) is 6.08 Å². The number of carbonyl (C=O) groups excluding carboxylic acids is 1. The number of allylic oxidation sites excluding steroid dienone is 3. The predicted molar refractivity (Wildman–Crippen MR) is 66.9 cm³/mol. The Bertz CT molecular complexity index is 380. The van der Waals surface area contributed by atoms with Crippen LogP contribution in [0.4, 0.5) is 0 Å². The van der Waals surface area contributed by atoms with Crippen LogP contribution in [-0.2, 0) is 9.53 Å². The van der Waals surface area contributed by atoms with E-state index in [1.54, 1.807) is 12.2 Å². The van der Waals surface area contributed by atoms with Gasteiger partial charge in [-0.3, -0.25) is 0 Å². The molecule has 0 atom stereocenters. The van der Waals surface area contributed by atoms with Crippen molar-refractivity contribution in [1.82, 2.24) is 0 Å². The molecule has 0 amide bonds. The normalized spacial score (nSPS) is 10.9. The van der Waals surface area contributed by atoms with E-state index in [-0.39, 0.29) is 12.6 Å². The van der Waals surface area contributed by atoms with E-state index in [0.717, 1.165) is 5.75 Å². The Morgan fingerprint density at radius 1 is 1.18 bits per heavy atom. The highest BCUT2D eigenvalue weighted by atomic mass is 16.6. The van der Waals surface area contributed by atoms with Gasteiger partial charge < -0.3 is 9.47 Å². The fourth-order valence-corrected chi connectivity index (χ4v) is 1.11. The topological polar surface area (TPSA) is 35.5 Å². The number of esters is 1. The molecule has 0 bridgehead atoms. The lowest BCUT2D eigenvalue weighted by Crippen LogP contribution is -2.10. The van der Waals surface area contributed by atoms with Crippen LogP contribution in [0.5, 0.6) is 5.75 Å². The molecule has 3 heteroatoms. The van der Waals surface area contributed by atoms with Gasteiger partial charge in [0.25, 0.3) is 0 Å². The van der Waals surface area contributed by atoms with E-state index in [1.807, 2.05) is 43.3 Å². The Morgan fingerprint density at radius 2 is 1.94 bits per heavy atom. The first kappa shape index (κ1) is 13.0. The van der Waals surface area contributed by atoms with E-state index in [0.29, 0.717) is 6.61 Å². The maximum Gasteiger partial charge on any atom is 0.330 e. The molecular weight excluding hydrogens is 216 g/mol. The smallest absolute Gasteiger partial charge is 0.330 e. The second-order valence-corrected chi connectivity index (χ2v) is 3.21. The summed E-state index contributed by atoms with van der Waals surface area (Å²) in [5.74, 6) is 0.410. The Morgan fingerprint density at radius 3 is 2.65 bits per heavy atom. The Balaban J connectivity index is 2.14. The lowest BCUT2D eigenvalue weighted by Gasteiger charge is -2.05. The minimum atomic E-state index is -0.361. The van der Waals surface area contributed by atoms with Crippen molar-refractivity contribution < 1.29 is 14.3 Å². The highest BCUT2D eigenvalue weighted by Crippen LogP contribution is 2.07. The van der Waals surface area contributed by atoms with Crippen LogP contribution in [0, 0.1) is 0 Å². The number of para-hydroxylation sites is 1. The van der Waals surface area contributed by atoms with E-state index in [1.165, 1.54) is 6.08 Å². The molecule has 0 saturated carbocycles. The van der Waals surface area contributed by atoms with Crippen molar-refractivity contribution in [2.24, 2.45) is 0 Å². The summed E-state index contributed by atoms with van der Waals surface area (Å²) in [7, 11) is 0. The quantitative estimate of drug-likeness (QED) is 0.327. The lowest BCUT2D eigenvalue weighted by atomic mass is 10.3. The van der Waals surface area contributed by atoms with Gasteiger partial charge in [0.1, 0.15) is 19.0 Å². The fourth-order valence-electron chi connectivity index (χ4n) is 1.11. The Kier molecular flexibility index (Phi) is 6.26. The van der Waals surface area contributed by atoms with Gasteiger partial charge in [-0.15, -0.1) is 0 Å². The van der Waals surface area contributed by atoms with Crippen LogP contribution in [0.1, 0.15) is 6.92 Å². The molecule has 1 aromatic carbocycles. The molecule has 0 heterocycles. The minimum absolute atomic E-state index is 0.244. The molecule has 90 valence electrons. The van der Waals surface area contributed by atoms with E-state index < -0.39 is 0 Å². The first-order valence-corrected chi connectivity index (χ1v) is 5.47. The molecule has 17 heavy (non-hydrogen) atoms. The van der Waals surface area contributed by atoms with Gasteiger partial charge in [-0.1, -0.05) is 36.4 Å². The van der Waals surface area contributed by atoms with Gasteiger partial charge in [-0.05, 0) is 19.1 Å². The summed E-state index contributed by atoms with van der Waals surface area (Å²) in [5.41, 5.74) is 0. The summed E-state index contributed by atoms with van der Waals surface area (Å²) in [6, 6.07) is 9.41. The molecule has 0 aliphatic heterocycles. The van der Waals surface area contributed by atoms with Gasteiger partial charge in [-0.25, -0.2) is 4.79 Å². The van der Waals surface area contributed by atoms with Crippen LogP contribution in [-0.4, -0.2) is 19.2 Å². The fraction of sp³-hybridized carbons (Fsp3) is 0.214. The van der Waals surface area contributed by atoms with Crippen molar-refractivity contribution >= 4 is 5.97 Å². The molecule has 0 aliphatic carbocycles. The third kappa shape index (κ3) is 6.20. The molecule has 0 radical (unpaired) electrons. The lowest BCUT2D eigenvalue weighted by molar-refractivity contribution is -0.138. The standard InChI is InChI=1S/C14H16O3/c1-2-3-5-10-14(15)17-12-11-16-13-8-6-4-7-9-13/h2-10H,11-12H2,1H3. The maximum atomic E-state index is 11.1. The van der Waals surface area contributed by atoms with Gasteiger partial charge in [-0.2, -0.15) is 0 Å². The molecule has 0 fully saturated rings. The summed E-state index contributed by atoms with van der Waals surface area (Å²) < 4.78 is 10.3. The third-order valence-corrected chi connectivity index (χ3v) is 1.88. The number of carbonyl (C=O) groups is 1. The van der Waals surface area contributed by atoms with Crippen LogP contribution in [0.15, 0.2) is 54.6 Å². The van der Waals surface area contributed by atoms with E-state index in [9.17, 15) is 4.79 Å². The highest BCUT2D eigenvalue weighted by Gasteiger charge is 1.96. The Labute approximate surface area is 101 Å². The minimum Gasteiger partial charge on any atom is -0.490 e. The molecule has 3 nitrogen and oxygen atoms in total. The number of rotatable bonds is 6. The second kappa shape index (κ2) is 8.16. The molecule has 1 rings (SSSR count). The SMILES string of the molecule is CC=CC=CC(=O)OCCOc1ccccc1. The number of hydrogen-bond donors (Lipinski definition) is 0. The average Bonchev–Trinajstić information content (AvgIpc) is 2.36. The first-order chi connectivity index (χ1) is 8.33. The maximum absolute atomic E-state index is 11.1. The molecule has 0 aromatic heterocycles. The van der Waals surface area contributed by atoms with Crippen molar-refractivity contribution in [1.29, 1.82) is 0 Å². The summed E-state index contributed by atoms with van der Waals surface area (Å²) >= 11 is 0. The second-order valence-electron chi connectivity index (χ2n) is 3.21. The van der Waals surface area contributed by atoms with Crippen molar-refractivity contribution in [2.75, 3.05) is 13.2 Å². The molecule has 1 aromatic rings. The van der Waals surface area contributed by atoms with Gasteiger partial charge in [0.15, 0.2) is 0 Å². The van der Waals surface area contributed by atoms with E-state index >= 15 is 0 Å². The van der Waals surface area contributed by atoms with Gasteiger partial charge in [0.2, 0.25) is 0 Å². The monoisotopic (exact) mass is 232 g/mol. The largest absolute Gasteiger partial charge is 0.490 e. The van der Waals surface area contributed by atoms with Crippen LogP contribution < -0.4 is 4.74 Å². The van der Waals surface area contributed by atoms with Crippen molar-refractivity contribution in [3.63, 3.8) is 0 Å². The zero-order valence-corrected chi connectivity index (χ0v) is 9.84. The van der Waals surface area contributed by atoms with Crippen molar-refractivity contribution in [3.8, 4) is 5.75 Å². The number of hydrogen-bond acceptors (Lipinski definition) is 3. The molecule has 0 saturated heterocycles. The zero-order chi connectivity index (χ0) is 12.3. The van der Waals surface area contributed by atoms with Crippen LogP contribution in [0.3, 0.4) is 0 Å². The summed E-state index contributed by atoms with van der Waals surface area (Å²) in [6.07, 6.45) is 6.62. The van der Waals surface area contributed by atoms with Crippen LogP contribution in [0.25, 0.3) is 0 Å². The van der Waals surface area contributed by atoms with Gasteiger partial charge >= 0.3 is 5.97 Å². The van der Waals surface area contributed by atoms with Crippen molar-refractivity contribution in [3.05, 3.63) is 54.6 Å². The molecule has 0 aliphatic rings. The molecule has 0 N–H and O–H groups in total. The summed E-state index contributed by atoms with van der Waals surface area (Å²) in [6.45, 7) is 2.48. The summed E-state index contributed by atoms with van der Waals surface area (Å²) in [4.78, 5) is 11.1. The third-order valence-electron chi connectivity index (χ3n) is 1.88. The molecular formula is C14H16O3. The molecule has 0 unspecified atom stereocenters. The first-order valence-electron chi connectivity index (χ1n) is 5.47. The number of ether oxygens (including phenoxy) is 2. The van der Waals surface area contributed by atoms with E-state index in [4.69, 9.17) is 9.47 Å². The zero-order valence-electron chi connectivity index (χ0n) is 9.84. The van der Waals surface area contributed by atoms with Gasteiger partial charge in [0.05, 0.1) is 0 Å². The average molecular weight is 232 g/mol. The van der Waals surface area contributed by atoms with Crippen molar-refractivity contribution in [2.45, 2.75) is 6.92 Å². The van der Waals surface area contributed by atoms with E-state index in [2.05, 4.69) is 0 Å². The Hall–Kier alpha value is -2.03. The molecule has 0 spiro atoms. The summed E-state index contributed by atoms with van der Waals surface area (Å²) in [5, 5.41) is 0. The predicted octanol–water partition coefficient (Wildman–Crippen LogP) is 2.74. The highest BCUT2D eigenvalue weighted by molar-refractivity contribution is 5.82. The van der Waals surface area contributed by atoms with Crippen LogP contribution in [0.2, 0.25) is 0 Å². The number of benzene rings is 1. The van der Waals surface area contributed by atoms with Crippen LogP contribution >= 0.6 is 0 Å².